The molecule has 1 N–H and O–H groups in total. The Morgan fingerprint density at radius 3 is 2.47 bits per heavy atom. The molecule has 0 bridgehead atoms. The van der Waals surface area contributed by atoms with Gasteiger partial charge in [0.2, 0.25) is 5.95 Å². The van der Waals surface area contributed by atoms with Crippen molar-refractivity contribution >= 4 is 23.5 Å². The third-order valence-corrected chi connectivity index (χ3v) is 7.73. The number of hydrogen-bond acceptors (Lipinski definition) is 10. The molecule has 1 amide bonds. The maximum Gasteiger partial charge on any atom is 0.420 e. The number of aryl methyl sites for hydroxylation is 2. The van der Waals surface area contributed by atoms with Crippen molar-refractivity contribution in [3.8, 4) is 17.2 Å². The van der Waals surface area contributed by atoms with Crippen LogP contribution in [0.4, 0.5) is 22.2 Å². The number of pyridine rings is 1. The van der Waals surface area contributed by atoms with Crippen molar-refractivity contribution < 1.29 is 19.0 Å². The summed E-state index contributed by atoms with van der Waals surface area (Å²) in [4.78, 5) is 33.3. The number of amides is 1. The minimum absolute atomic E-state index is 0.311. The molecule has 45 heavy (non-hydrogen) atoms. The van der Waals surface area contributed by atoms with Crippen molar-refractivity contribution in [2.24, 2.45) is 0 Å². The lowest BCUT2D eigenvalue weighted by atomic mass is 10.1. The standard InChI is InChI=1S/C34H41N7O4/c1-25-8-7-9-26(2)32(25)45-34(42)41(17-14-27-10-5-6-15-35-27)31-13-16-36-33(38-31)37-28-11-12-29(30(24-28)43-4)44-23-22-40-20-18-39(3)19-21-40/h5-13,15-16,24H,14,17-23H2,1-4H3,(H,36,37,38). The maximum atomic E-state index is 13.6. The molecular weight excluding hydrogens is 570 g/mol. The summed E-state index contributed by atoms with van der Waals surface area (Å²) in [6.07, 6.45) is 3.33. The Balaban J connectivity index is 1.29. The van der Waals surface area contributed by atoms with Crippen molar-refractivity contribution in [2.75, 3.05) is 70.2 Å². The molecule has 0 aliphatic carbocycles. The molecule has 0 radical (unpaired) electrons. The first kappa shape index (κ1) is 31.7. The van der Waals surface area contributed by atoms with Crippen molar-refractivity contribution in [2.45, 2.75) is 20.3 Å². The highest BCUT2D eigenvalue weighted by Crippen LogP contribution is 2.31. The van der Waals surface area contributed by atoms with Gasteiger partial charge in [-0.25, -0.2) is 9.78 Å². The van der Waals surface area contributed by atoms with E-state index in [4.69, 9.17) is 14.2 Å². The van der Waals surface area contributed by atoms with Crippen molar-refractivity contribution in [3.05, 3.63) is 89.9 Å². The molecule has 11 nitrogen and oxygen atoms in total. The first-order valence-electron chi connectivity index (χ1n) is 15.2. The second-order valence-corrected chi connectivity index (χ2v) is 11.0. The highest BCUT2D eigenvalue weighted by atomic mass is 16.6. The van der Waals surface area contributed by atoms with Gasteiger partial charge in [-0.3, -0.25) is 14.8 Å². The van der Waals surface area contributed by atoms with Gasteiger partial charge < -0.3 is 24.4 Å². The number of piperazine rings is 1. The Labute approximate surface area is 264 Å². The maximum absolute atomic E-state index is 13.6. The van der Waals surface area contributed by atoms with Gasteiger partial charge in [-0.05, 0) is 62.4 Å². The molecule has 2 aromatic carbocycles. The largest absolute Gasteiger partial charge is 0.493 e. The van der Waals surface area contributed by atoms with Crippen LogP contribution in [0.5, 0.6) is 17.2 Å². The molecule has 1 saturated heterocycles. The molecule has 1 fully saturated rings. The zero-order chi connectivity index (χ0) is 31.6. The van der Waals surface area contributed by atoms with Crippen LogP contribution in [0.2, 0.25) is 0 Å². The summed E-state index contributed by atoms with van der Waals surface area (Å²) in [7, 11) is 3.77. The van der Waals surface area contributed by atoms with E-state index in [1.54, 1.807) is 25.6 Å². The molecule has 5 rings (SSSR count). The molecule has 0 atom stereocenters. The molecule has 1 aliphatic heterocycles. The van der Waals surface area contributed by atoms with Crippen LogP contribution in [-0.4, -0.2) is 90.9 Å². The Morgan fingerprint density at radius 2 is 1.73 bits per heavy atom. The van der Waals surface area contributed by atoms with Crippen LogP contribution in [0, 0.1) is 13.8 Å². The van der Waals surface area contributed by atoms with E-state index in [0.717, 1.165) is 49.5 Å². The summed E-state index contributed by atoms with van der Waals surface area (Å²) in [6.45, 7) is 9.81. The summed E-state index contributed by atoms with van der Waals surface area (Å²) >= 11 is 0. The molecule has 2 aromatic heterocycles. The third-order valence-electron chi connectivity index (χ3n) is 7.73. The van der Waals surface area contributed by atoms with Crippen LogP contribution < -0.4 is 24.4 Å². The van der Waals surface area contributed by atoms with Crippen molar-refractivity contribution in [1.82, 2.24) is 24.8 Å². The molecular formula is C34H41N7O4. The van der Waals surface area contributed by atoms with E-state index in [1.165, 1.54) is 4.90 Å². The van der Waals surface area contributed by atoms with Gasteiger partial charge in [0.25, 0.3) is 0 Å². The summed E-state index contributed by atoms with van der Waals surface area (Å²) in [5, 5.41) is 3.23. The molecule has 1 aliphatic rings. The third kappa shape index (κ3) is 8.68. The summed E-state index contributed by atoms with van der Waals surface area (Å²) in [5.74, 6) is 2.53. The van der Waals surface area contributed by atoms with Crippen LogP contribution in [0.15, 0.2) is 73.1 Å². The molecule has 0 saturated carbocycles. The Kier molecular flexibility index (Phi) is 10.8. The summed E-state index contributed by atoms with van der Waals surface area (Å²) in [5.41, 5.74) is 3.32. The number of likely N-dealkylation sites (N-methyl/N-ethyl adjacent to an activating group) is 1. The number of nitrogens with zero attached hydrogens (tertiary/aromatic N) is 6. The number of rotatable bonds is 12. The molecule has 0 unspecified atom stereocenters. The normalized spacial score (nSPS) is 13.7. The van der Waals surface area contributed by atoms with Crippen molar-refractivity contribution in [3.63, 3.8) is 0 Å². The van der Waals surface area contributed by atoms with Gasteiger partial charge >= 0.3 is 6.09 Å². The van der Waals surface area contributed by atoms with Gasteiger partial charge in [0, 0.05) is 75.5 Å². The van der Waals surface area contributed by atoms with Gasteiger partial charge in [-0.15, -0.1) is 0 Å². The molecule has 236 valence electrons. The van der Waals surface area contributed by atoms with Crippen molar-refractivity contribution in [1.29, 1.82) is 0 Å². The Morgan fingerprint density at radius 1 is 0.933 bits per heavy atom. The Bertz CT molecular complexity index is 1540. The second-order valence-electron chi connectivity index (χ2n) is 11.0. The zero-order valence-corrected chi connectivity index (χ0v) is 26.4. The fourth-order valence-electron chi connectivity index (χ4n) is 5.08. The number of hydrogen-bond donors (Lipinski definition) is 1. The lowest BCUT2D eigenvalue weighted by Gasteiger charge is -2.32. The predicted octanol–water partition coefficient (Wildman–Crippen LogP) is 5.11. The molecule has 3 heterocycles. The number of nitrogens with one attached hydrogen (secondary N) is 1. The van der Waals surface area contributed by atoms with E-state index in [9.17, 15) is 4.79 Å². The molecule has 0 spiro atoms. The van der Waals surface area contributed by atoms with Crippen LogP contribution in [0.1, 0.15) is 16.8 Å². The van der Waals surface area contributed by atoms with Crippen LogP contribution in [0.25, 0.3) is 0 Å². The monoisotopic (exact) mass is 611 g/mol. The van der Waals surface area contributed by atoms with Gasteiger partial charge in [0.1, 0.15) is 18.2 Å². The molecule has 11 heteroatoms. The number of carbonyl (C=O) groups is 1. The average Bonchev–Trinajstić information content (AvgIpc) is 3.05. The van der Waals surface area contributed by atoms with Gasteiger partial charge in [0.05, 0.1) is 7.11 Å². The number of para-hydroxylation sites is 1. The minimum Gasteiger partial charge on any atom is -0.493 e. The van der Waals surface area contributed by atoms with E-state index in [0.29, 0.717) is 54.3 Å². The van der Waals surface area contributed by atoms with E-state index >= 15 is 0 Å². The lowest BCUT2D eigenvalue weighted by Crippen LogP contribution is -2.45. The quantitative estimate of drug-likeness (QED) is 0.232. The topological polar surface area (TPSA) is 105 Å². The smallest absolute Gasteiger partial charge is 0.420 e. The van der Waals surface area contributed by atoms with Gasteiger partial charge in [-0.2, -0.15) is 4.98 Å². The van der Waals surface area contributed by atoms with Crippen LogP contribution in [0.3, 0.4) is 0 Å². The summed E-state index contributed by atoms with van der Waals surface area (Å²) < 4.78 is 17.6. The fourth-order valence-corrected chi connectivity index (χ4v) is 5.08. The van der Waals surface area contributed by atoms with E-state index in [1.807, 2.05) is 68.4 Å². The number of carbonyl (C=O) groups excluding carboxylic acids is 1. The number of benzene rings is 2. The van der Waals surface area contributed by atoms with Gasteiger partial charge in [-0.1, -0.05) is 24.3 Å². The minimum atomic E-state index is -0.535. The van der Waals surface area contributed by atoms with Crippen LogP contribution >= 0.6 is 0 Å². The first-order valence-corrected chi connectivity index (χ1v) is 15.2. The fraction of sp³-hybridized carbons (Fsp3) is 0.353. The predicted molar refractivity (Wildman–Crippen MR) is 175 cm³/mol. The SMILES string of the molecule is COc1cc(Nc2nccc(N(CCc3ccccn3)C(=O)Oc3c(C)cccc3C)n2)ccc1OCCN1CCN(C)CC1. The number of methoxy groups -OCH3 is 1. The average molecular weight is 612 g/mol. The van der Waals surface area contributed by atoms with Crippen LogP contribution in [-0.2, 0) is 6.42 Å². The highest BCUT2D eigenvalue weighted by Gasteiger charge is 2.22. The first-order chi connectivity index (χ1) is 21.9. The van der Waals surface area contributed by atoms with Gasteiger partial charge in [0.15, 0.2) is 11.5 Å². The summed E-state index contributed by atoms with van der Waals surface area (Å²) in [6, 6.07) is 18.8. The number of aromatic nitrogens is 3. The Hall–Kier alpha value is -4.74. The number of anilines is 3. The van der Waals surface area contributed by atoms with E-state index < -0.39 is 6.09 Å². The zero-order valence-electron chi connectivity index (χ0n) is 26.4. The lowest BCUT2D eigenvalue weighted by molar-refractivity contribution is 0.133. The number of ether oxygens (including phenoxy) is 3. The van der Waals surface area contributed by atoms with E-state index in [2.05, 4.69) is 37.1 Å². The highest BCUT2D eigenvalue weighted by molar-refractivity contribution is 5.88. The van der Waals surface area contributed by atoms with E-state index in [-0.39, 0.29) is 0 Å². The molecule has 4 aromatic rings. The second kappa shape index (κ2) is 15.3.